The van der Waals surface area contributed by atoms with Gasteiger partial charge in [0.2, 0.25) is 17.7 Å². The van der Waals surface area contributed by atoms with Crippen molar-refractivity contribution in [2.24, 2.45) is 11.8 Å². The first-order valence-electron chi connectivity index (χ1n) is 30.8. The van der Waals surface area contributed by atoms with Crippen molar-refractivity contribution in [3.63, 3.8) is 0 Å². The van der Waals surface area contributed by atoms with Gasteiger partial charge in [0.1, 0.15) is 45.4 Å². The highest BCUT2D eigenvalue weighted by Crippen LogP contribution is 2.40. The average molecular weight is 1210 g/mol. The Morgan fingerprint density at radius 1 is 0.600 bits per heavy atom. The zero-order valence-electron chi connectivity index (χ0n) is 53.7. The van der Waals surface area contributed by atoms with Crippen molar-refractivity contribution in [3.8, 4) is 22.5 Å². The molecule has 0 spiro atoms. The zero-order chi connectivity index (χ0) is 62.7. The molecule has 4 heterocycles. The standard InChI is InChI=1S/C33H48N4O4S.C17H30N2O5.C16H20N2S/c1-20-16-17-21(2)27(22(20)3)25-19-42-30(34-25)26-15-12-18-37(26)31(39)28(24-13-10-9-11-14-24)35-29(38)23(4)36(8)32(40)41-33(5,6)7;1-11(19(5)16(23)24-17(2,3)4)14(20)18-13(15(21)22)12-9-7-6-8-10-12;1-10-6-7-11(2)15(12(10)3)14-9-19-16(18-14)13-5-4-8-17-13/h16-17,19,23-24,26,28H,9-15,18H2,1-8H3,(H,35,38);11-13H,6-10H2,1-5H3,(H,18,20)(H,21,22);6-7,9,13,17H,4-5,8H2,1-3H3/t23-,26-,28-;11-,13-;13-/m000/s1. The van der Waals surface area contributed by atoms with Crippen LogP contribution in [0.4, 0.5) is 9.59 Å². The Hall–Kier alpha value is -5.92. The normalized spacial score (nSPS) is 19.0. The van der Waals surface area contributed by atoms with Crippen LogP contribution in [0.1, 0.15) is 201 Å². The average Bonchev–Trinajstić information content (AvgIpc) is 2.67. The summed E-state index contributed by atoms with van der Waals surface area (Å²) in [5, 5.41) is 25.2. The number of carboxylic acids is 1. The van der Waals surface area contributed by atoms with Crippen LogP contribution >= 0.6 is 22.7 Å². The minimum atomic E-state index is -1.03. The number of nitrogens with one attached hydrogen (secondary N) is 3. The fraction of sp³-hybridized carbons (Fsp3) is 0.636. The van der Waals surface area contributed by atoms with Crippen LogP contribution < -0.4 is 16.0 Å². The lowest BCUT2D eigenvalue weighted by molar-refractivity contribution is -0.144. The maximum absolute atomic E-state index is 14.3. The molecule has 17 nitrogen and oxygen atoms in total. The number of benzene rings is 2. The van der Waals surface area contributed by atoms with Gasteiger partial charge in [-0.15, -0.1) is 22.7 Å². The second kappa shape index (κ2) is 30.1. The maximum atomic E-state index is 14.3. The Labute approximate surface area is 514 Å². The number of likely N-dealkylation sites (N-methyl/N-ethyl adjacent to an activating group) is 2. The van der Waals surface area contributed by atoms with Gasteiger partial charge in [-0.1, -0.05) is 62.8 Å². The van der Waals surface area contributed by atoms with Crippen LogP contribution in [-0.2, 0) is 28.7 Å². The Morgan fingerprint density at radius 2 is 1.02 bits per heavy atom. The van der Waals surface area contributed by atoms with Gasteiger partial charge >= 0.3 is 18.2 Å². The molecule has 2 aliphatic heterocycles. The zero-order valence-corrected chi connectivity index (χ0v) is 55.3. The first-order chi connectivity index (χ1) is 40.0. The van der Waals surface area contributed by atoms with Crippen LogP contribution in [-0.4, -0.2) is 128 Å². The summed E-state index contributed by atoms with van der Waals surface area (Å²) in [6, 6.07) is 5.91. The molecule has 4 aliphatic rings. The van der Waals surface area contributed by atoms with Crippen LogP contribution in [0, 0.1) is 53.4 Å². The number of hydrogen-bond donors (Lipinski definition) is 4. The summed E-state index contributed by atoms with van der Waals surface area (Å²) in [5.74, 6) is -1.88. The first-order valence-corrected chi connectivity index (χ1v) is 32.6. The van der Waals surface area contributed by atoms with E-state index in [2.05, 4.69) is 92.5 Å². The number of carbonyl (C=O) groups is 6. The molecular weight excluding hydrogens is 1110 g/mol. The highest BCUT2D eigenvalue weighted by Gasteiger charge is 2.41. The van der Waals surface area contributed by atoms with E-state index in [1.807, 2.05) is 4.90 Å². The molecule has 8 rings (SSSR count). The lowest BCUT2D eigenvalue weighted by atomic mass is 9.83. The molecule has 2 aromatic carbocycles. The summed E-state index contributed by atoms with van der Waals surface area (Å²) in [6.07, 6.45) is 12.8. The molecule has 468 valence electrons. The van der Waals surface area contributed by atoms with Crippen molar-refractivity contribution in [3.05, 3.63) is 78.4 Å². The van der Waals surface area contributed by atoms with Gasteiger partial charge in [0.15, 0.2) is 0 Å². The smallest absolute Gasteiger partial charge is 0.410 e. The molecule has 4 fully saturated rings. The predicted molar refractivity (Wildman–Crippen MR) is 339 cm³/mol. The van der Waals surface area contributed by atoms with Crippen molar-refractivity contribution in [2.45, 2.75) is 234 Å². The number of carboxylic acid groups (broad SMARTS) is 1. The Morgan fingerprint density at radius 3 is 1.46 bits per heavy atom. The predicted octanol–water partition coefficient (Wildman–Crippen LogP) is 13.3. The number of aryl methyl sites for hydroxylation is 4. The Kier molecular flexibility index (Phi) is 24.2. The van der Waals surface area contributed by atoms with Gasteiger partial charge < -0.3 is 35.4 Å². The molecule has 4 aromatic rings. The van der Waals surface area contributed by atoms with Gasteiger partial charge in [0.25, 0.3) is 0 Å². The van der Waals surface area contributed by atoms with E-state index < -0.39 is 59.4 Å². The van der Waals surface area contributed by atoms with E-state index in [0.29, 0.717) is 12.6 Å². The van der Waals surface area contributed by atoms with Gasteiger partial charge in [-0.3, -0.25) is 24.2 Å². The van der Waals surface area contributed by atoms with Crippen molar-refractivity contribution in [1.29, 1.82) is 0 Å². The molecule has 2 aromatic heterocycles. The molecule has 5 amide bonds. The van der Waals surface area contributed by atoms with Gasteiger partial charge in [-0.2, -0.15) is 0 Å². The molecule has 85 heavy (non-hydrogen) atoms. The number of aromatic nitrogens is 2. The second-order valence-electron chi connectivity index (χ2n) is 26.0. The summed E-state index contributed by atoms with van der Waals surface area (Å²) >= 11 is 3.40. The lowest BCUT2D eigenvalue weighted by Crippen LogP contribution is -2.56. The fourth-order valence-corrected chi connectivity index (χ4v) is 13.6. The maximum Gasteiger partial charge on any atom is 0.410 e. The third-order valence-corrected chi connectivity index (χ3v) is 19.2. The largest absolute Gasteiger partial charge is 0.480 e. The Balaban J connectivity index is 0.000000226. The molecule has 2 saturated carbocycles. The summed E-state index contributed by atoms with van der Waals surface area (Å²) in [4.78, 5) is 90.7. The highest BCUT2D eigenvalue weighted by molar-refractivity contribution is 7.10. The number of amides is 5. The molecule has 19 heteroatoms. The SMILES string of the molecule is C[C@@H](C(=O)N[C@H](C(=O)O)C1CCCCC1)N(C)C(=O)OC(C)(C)C.Cc1ccc(C)c(-c2csc([C@@H]3CCCN3)n2)c1C.Cc1ccc(C)c(-c2csc([C@@H]3CCCN3C(=O)[C@@H](NC(=O)[C@H](C)N(C)C(=O)OC(C)(C)C)C3CCCCC3)n2)c1C. The van der Waals surface area contributed by atoms with Crippen LogP contribution in [0.25, 0.3) is 22.5 Å². The fourth-order valence-electron chi connectivity index (χ4n) is 11.8. The van der Waals surface area contributed by atoms with E-state index in [9.17, 15) is 33.9 Å². The number of rotatable bonds is 14. The van der Waals surface area contributed by atoms with E-state index in [1.165, 1.54) is 79.2 Å². The van der Waals surface area contributed by atoms with Crippen molar-refractivity contribution >= 4 is 58.6 Å². The number of nitrogens with zero attached hydrogens (tertiary/aromatic N) is 5. The molecule has 4 N–H and O–H groups in total. The third kappa shape index (κ3) is 18.3. The molecule has 0 bridgehead atoms. The van der Waals surface area contributed by atoms with Gasteiger partial charge in [-0.25, -0.2) is 24.4 Å². The number of carbonyl (C=O) groups excluding carboxylic acids is 5. The van der Waals surface area contributed by atoms with Crippen molar-refractivity contribution < 1.29 is 43.3 Å². The summed E-state index contributed by atoms with van der Waals surface area (Å²) < 4.78 is 10.7. The number of aliphatic carboxylic acids is 1. The van der Waals surface area contributed by atoms with Crippen LogP contribution in [0.15, 0.2) is 35.0 Å². The molecule has 6 atom stereocenters. The summed E-state index contributed by atoms with van der Waals surface area (Å²) in [7, 11) is 3.03. The van der Waals surface area contributed by atoms with Crippen molar-refractivity contribution in [2.75, 3.05) is 27.2 Å². The van der Waals surface area contributed by atoms with Gasteiger partial charge in [0.05, 0.1) is 23.5 Å². The molecular formula is C66H98N8O9S2. The Bertz CT molecular complexity index is 2940. The molecule has 0 radical (unpaired) electrons. The van der Waals surface area contributed by atoms with E-state index in [1.54, 1.807) is 85.1 Å². The third-order valence-electron chi connectivity index (χ3n) is 17.3. The van der Waals surface area contributed by atoms with Gasteiger partial charge in [0, 0.05) is 42.5 Å². The number of hydrogen-bond acceptors (Lipinski definition) is 13. The second-order valence-corrected chi connectivity index (χ2v) is 27.8. The summed E-state index contributed by atoms with van der Waals surface area (Å²) in [5.41, 5.74) is 11.0. The number of ether oxygens (including phenoxy) is 2. The van der Waals surface area contributed by atoms with Gasteiger partial charge in [-0.05, 0) is 200 Å². The molecule has 0 unspecified atom stereocenters. The lowest BCUT2D eigenvalue weighted by Gasteiger charge is -2.36. The van der Waals surface area contributed by atoms with E-state index in [-0.39, 0.29) is 29.7 Å². The monoisotopic (exact) mass is 1210 g/mol. The van der Waals surface area contributed by atoms with Crippen molar-refractivity contribution in [1.82, 2.24) is 40.6 Å². The summed E-state index contributed by atoms with van der Waals surface area (Å²) in [6.45, 7) is 28.5. The molecule has 2 saturated heterocycles. The molecule has 2 aliphatic carbocycles. The first kappa shape index (κ1) is 68.2. The number of thiazole rings is 2. The highest BCUT2D eigenvalue weighted by atomic mass is 32.1. The number of likely N-dealkylation sites (tertiary alicyclic amines) is 1. The van der Waals surface area contributed by atoms with Crippen LogP contribution in [0.5, 0.6) is 0 Å². The van der Waals surface area contributed by atoms with Crippen LogP contribution in [0.3, 0.4) is 0 Å². The topological polar surface area (TPSA) is 213 Å². The minimum absolute atomic E-state index is 0.0375. The van der Waals surface area contributed by atoms with E-state index in [0.717, 1.165) is 100.0 Å². The van der Waals surface area contributed by atoms with E-state index in [4.69, 9.17) is 19.4 Å². The van der Waals surface area contributed by atoms with E-state index >= 15 is 0 Å². The van der Waals surface area contributed by atoms with Crippen LogP contribution in [0.2, 0.25) is 0 Å². The quantitative estimate of drug-likeness (QED) is 0.0928. The minimum Gasteiger partial charge on any atom is -0.480 e.